The number of likely N-dealkylation sites (tertiary alicyclic amines) is 1. The van der Waals surface area contributed by atoms with Crippen LogP contribution in [-0.2, 0) is 6.54 Å². The molecule has 5 nitrogen and oxygen atoms in total. The molecule has 4 rings (SSSR count). The quantitative estimate of drug-likeness (QED) is 0.496. The molecule has 2 aromatic carbocycles. The van der Waals surface area contributed by atoms with Crippen molar-refractivity contribution >= 4 is 0 Å². The predicted molar refractivity (Wildman–Crippen MR) is 124 cm³/mol. The largest absolute Gasteiger partial charge is 0.434 e. The summed E-state index contributed by atoms with van der Waals surface area (Å²) in [7, 11) is 0. The van der Waals surface area contributed by atoms with Crippen molar-refractivity contribution in [3.63, 3.8) is 0 Å². The summed E-state index contributed by atoms with van der Waals surface area (Å²) in [6, 6.07) is 15.2. The summed E-state index contributed by atoms with van der Waals surface area (Å²) in [5.74, 6) is 0.553. The van der Waals surface area contributed by atoms with Gasteiger partial charge in [-0.2, -0.15) is 13.9 Å². The van der Waals surface area contributed by atoms with Crippen LogP contribution >= 0.6 is 0 Å². The summed E-state index contributed by atoms with van der Waals surface area (Å²) in [4.78, 5) is 2.27. The predicted octanol–water partition coefficient (Wildman–Crippen LogP) is 5.37. The number of para-hydroxylation sites is 1. The number of aliphatic hydroxyl groups is 1. The molecule has 176 valence electrons. The van der Waals surface area contributed by atoms with Gasteiger partial charge >= 0.3 is 6.61 Å². The minimum absolute atomic E-state index is 0.136. The number of benzene rings is 2. The molecule has 33 heavy (non-hydrogen) atoms. The van der Waals surface area contributed by atoms with Gasteiger partial charge in [0, 0.05) is 37.0 Å². The highest BCUT2D eigenvalue weighted by Gasteiger charge is 2.33. The molecule has 0 unspecified atom stereocenters. The summed E-state index contributed by atoms with van der Waals surface area (Å²) in [5, 5.41) is 14.2. The van der Waals surface area contributed by atoms with Crippen molar-refractivity contribution in [1.29, 1.82) is 0 Å². The summed E-state index contributed by atoms with van der Waals surface area (Å²) < 4.78 is 33.1. The molecule has 0 aliphatic carbocycles. The minimum atomic E-state index is -2.89. The molecule has 7 heteroatoms. The van der Waals surface area contributed by atoms with E-state index in [2.05, 4.69) is 23.8 Å². The van der Waals surface area contributed by atoms with Gasteiger partial charge < -0.3 is 9.84 Å². The molecule has 0 radical (unpaired) electrons. The van der Waals surface area contributed by atoms with Crippen LogP contribution in [0.3, 0.4) is 0 Å². The Morgan fingerprint density at radius 2 is 1.94 bits per heavy atom. The number of alkyl halides is 2. The Morgan fingerprint density at radius 3 is 2.67 bits per heavy atom. The number of halogens is 2. The normalized spacial score (nSPS) is 17.5. The van der Waals surface area contributed by atoms with Gasteiger partial charge in [0.25, 0.3) is 0 Å². The van der Waals surface area contributed by atoms with Gasteiger partial charge in [-0.15, -0.1) is 0 Å². The lowest BCUT2D eigenvalue weighted by Gasteiger charge is -2.40. The van der Waals surface area contributed by atoms with E-state index in [1.807, 2.05) is 48.7 Å². The zero-order valence-electron chi connectivity index (χ0n) is 19.1. The SMILES string of the molecule is CC(C)(CO)[C@H]1CCCN(Cc2ccc(-c3cnn(-c4ccccc4)c3)cc2OC(F)F)C1. The summed E-state index contributed by atoms with van der Waals surface area (Å²) in [5.41, 5.74) is 3.10. The number of piperidine rings is 1. The molecular weight excluding hydrogens is 424 g/mol. The zero-order valence-corrected chi connectivity index (χ0v) is 19.1. The van der Waals surface area contributed by atoms with Gasteiger partial charge in [0.2, 0.25) is 0 Å². The highest BCUT2D eigenvalue weighted by molar-refractivity contribution is 5.65. The molecule has 0 amide bonds. The number of hydrogen-bond donors (Lipinski definition) is 1. The van der Waals surface area contributed by atoms with Gasteiger partial charge in [-0.1, -0.05) is 44.2 Å². The van der Waals surface area contributed by atoms with Gasteiger partial charge in [-0.05, 0) is 54.5 Å². The van der Waals surface area contributed by atoms with E-state index in [1.165, 1.54) is 0 Å². The summed E-state index contributed by atoms with van der Waals surface area (Å²) in [6.45, 7) is 3.66. The number of rotatable bonds is 8. The van der Waals surface area contributed by atoms with E-state index in [9.17, 15) is 13.9 Å². The first kappa shape index (κ1) is 23.4. The smallest absolute Gasteiger partial charge is 0.387 e. The first-order valence-corrected chi connectivity index (χ1v) is 11.4. The first-order chi connectivity index (χ1) is 15.9. The average molecular weight is 456 g/mol. The number of hydrogen-bond acceptors (Lipinski definition) is 4. The molecule has 3 aromatic rings. The van der Waals surface area contributed by atoms with Gasteiger partial charge in [0.05, 0.1) is 11.9 Å². The maximum Gasteiger partial charge on any atom is 0.387 e. The third-order valence-corrected chi connectivity index (χ3v) is 6.63. The molecule has 0 spiro atoms. The van der Waals surface area contributed by atoms with E-state index in [0.717, 1.165) is 48.3 Å². The Hall–Kier alpha value is -2.77. The Morgan fingerprint density at radius 1 is 1.15 bits per heavy atom. The van der Waals surface area contributed by atoms with Crippen molar-refractivity contribution in [2.45, 2.75) is 39.8 Å². The fourth-order valence-electron chi connectivity index (χ4n) is 4.47. The lowest BCUT2D eigenvalue weighted by molar-refractivity contribution is -0.0509. The van der Waals surface area contributed by atoms with E-state index in [0.29, 0.717) is 12.5 Å². The molecule has 2 heterocycles. The molecule has 1 N–H and O–H groups in total. The first-order valence-electron chi connectivity index (χ1n) is 11.4. The van der Waals surface area contributed by atoms with Crippen molar-refractivity contribution in [2.75, 3.05) is 19.7 Å². The number of ether oxygens (including phenoxy) is 1. The van der Waals surface area contributed by atoms with Gasteiger partial charge in [-0.3, -0.25) is 4.90 Å². The molecule has 1 aliphatic heterocycles. The number of nitrogens with zero attached hydrogens (tertiary/aromatic N) is 3. The second-order valence-electron chi connectivity index (χ2n) is 9.43. The Bertz CT molecular complexity index is 1050. The zero-order chi connectivity index (χ0) is 23.4. The van der Waals surface area contributed by atoms with Crippen molar-refractivity contribution in [2.24, 2.45) is 11.3 Å². The van der Waals surface area contributed by atoms with Crippen LogP contribution in [0.2, 0.25) is 0 Å². The second kappa shape index (κ2) is 10.0. The molecule has 1 aromatic heterocycles. The standard InChI is InChI=1S/C26H31F2N3O2/c1-26(2,18-32)22-7-6-12-30(17-22)15-20-11-10-19(13-24(20)33-25(27)28)21-14-29-31(16-21)23-8-4-3-5-9-23/h3-5,8-11,13-14,16,22,25,32H,6-7,12,15,17-18H2,1-2H3/t22-/m0/s1. The molecule has 1 aliphatic rings. The topological polar surface area (TPSA) is 50.5 Å². The Kier molecular flexibility index (Phi) is 7.10. The third-order valence-electron chi connectivity index (χ3n) is 6.63. The highest BCUT2D eigenvalue weighted by atomic mass is 19.3. The van der Waals surface area contributed by atoms with E-state index in [4.69, 9.17) is 4.74 Å². The third kappa shape index (κ3) is 5.60. The van der Waals surface area contributed by atoms with Crippen LogP contribution in [0.25, 0.3) is 16.8 Å². The lowest BCUT2D eigenvalue weighted by Crippen LogP contribution is -2.42. The molecule has 1 saturated heterocycles. The number of aliphatic hydroxyl groups excluding tert-OH is 1. The Labute approximate surface area is 193 Å². The second-order valence-corrected chi connectivity index (χ2v) is 9.43. The fraction of sp³-hybridized carbons (Fsp3) is 0.423. The fourth-order valence-corrected chi connectivity index (χ4v) is 4.47. The van der Waals surface area contributed by atoms with E-state index >= 15 is 0 Å². The van der Waals surface area contributed by atoms with Crippen LogP contribution in [0.1, 0.15) is 32.3 Å². The summed E-state index contributed by atoms with van der Waals surface area (Å²) >= 11 is 0. The van der Waals surface area contributed by atoms with Crippen molar-refractivity contribution in [1.82, 2.24) is 14.7 Å². The maximum absolute atomic E-state index is 13.2. The maximum atomic E-state index is 13.2. The van der Waals surface area contributed by atoms with Crippen LogP contribution in [0.5, 0.6) is 5.75 Å². The van der Waals surface area contributed by atoms with Crippen LogP contribution in [0, 0.1) is 11.3 Å². The molecule has 1 atom stereocenters. The lowest BCUT2D eigenvalue weighted by atomic mass is 9.75. The highest BCUT2D eigenvalue weighted by Crippen LogP contribution is 2.35. The van der Waals surface area contributed by atoms with Crippen LogP contribution in [0.4, 0.5) is 8.78 Å². The van der Waals surface area contributed by atoms with E-state index in [1.54, 1.807) is 16.9 Å². The van der Waals surface area contributed by atoms with Crippen molar-refractivity contribution < 1.29 is 18.6 Å². The summed E-state index contributed by atoms with van der Waals surface area (Å²) in [6.07, 6.45) is 5.69. The Balaban J connectivity index is 1.55. The molecule has 0 saturated carbocycles. The van der Waals surface area contributed by atoms with Crippen LogP contribution in [-0.4, -0.2) is 46.1 Å². The van der Waals surface area contributed by atoms with Crippen LogP contribution in [0.15, 0.2) is 60.9 Å². The monoisotopic (exact) mass is 455 g/mol. The van der Waals surface area contributed by atoms with Gasteiger partial charge in [0.15, 0.2) is 0 Å². The number of aromatic nitrogens is 2. The molecule has 1 fully saturated rings. The molecule has 0 bridgehead atoms. The van der Waals surface area contributed by atoms with Gasteiger partial charge in [-0.25, -0.2) is 4.68 Å². The van der Waals surface area contributed by atoms with Gasteiger partial charge in [0.1, 0.15) is 5.75 Å². The van der Waals surface area contributed by atoms with E-state index in [-0.39, 0.29) is 17.8 Å². The van der Waals surface area contributed by atoms with E-state index < -0.39 is 6.61 Å². The molecular formula is C26H31F2N3O2. The van der Waals surface area contributed by atoms with Crippen molar-refractivity contribution in [3.05, 3.63) is 66.5 Å². The van der Waals surface area contributed by atoms with Crippen molar-refractivity contribution in [3.8, 4) is 22.6 Å². The minimum Gasteiger partial charge on any atom is -0.434 e. The average Bonchev–Trinajstić information content (AvgIpc) is 3.31. The van der Waals surface area contributed by atoms with Crippen LogP contribution < -0.4 is 4.74 Å².